The van der Waals surface area contributed by atoms with Crippen LogP contribution in [0.3, 0.4) is 0 Å². The van der Waals surface area contributed by atoms with E-state index in [1.807, 2.05) is 0 Å². The Balaban J connectivity index is 3.04. The third-order valence-electron chi connectivity index (χ3n) is 1.85. The molecule has 20 heavy (non-hydrogen) atoms. The number of hydrogen-bond acceptors (Lipinski definition) is 5. The molecule has 1 rings (SSSR count). The minimum atomic E-state index is -5.76. The number of hydrogen-bond donors (Lipinski definition) is 0. The summed E-state index contributed by atoms with van der Waals surface area (Å²) in [4.78, 5) is 10.2. The van der Waals surface area contributed by atoms with Crippen molar-refractivity contribution in [3.63, 3.8) is 0 Å². The molecule has 0 heterocycles. The summed E-state index contributed by atoms with van der Waals surface area (Å²) in [6.07, 6.45) is 1.82. The zero-order valence-electron chi connectivity index (χ0n) is 9.35. The summed E-state index contributed by atoms with van der Waals surface area (Å²) in [5.41, 5.74) is -5.25. The average molecular weight is 374 g/mol. The maximum Gasteiger partial charge on any atom is 0.534 e. The first-order chi connectivity index (χ1) is 9.03. The van der Waals surface area contributed by atoms with Crippen molar-refractivity contribution in [3.05, 3.63) is 34.3 Å². The van der Waals surface area contributed by atoms with Gasteiger partial charge in [0.25, 0.3) is 0 Å². The zero-order valence-corrected chi connectivity index (χ0v) is 11.8. The van der Waals surface area contributed by atoms with Crippen LogP contribution in [0.15, 0.2) is 28.7 Å². The lowest BCUT2D eigenvalue weighted by molar-refractivity contribution is -0.297. The van der Waals surface area contributed by atoms with Crippen molar-refractivity contribution in [2.45, 2.75) is 5.51 Å². The Hall–Kier alpha value is -1.55. The molecule has 0 amide bonds. The fourth-order valence-corrected chi connectivity index (χ4v) is 2.08. The predicted octanol–water partition coefficient (Wildman–Crippen LogP) is 1.44. The van der Waals surface area contributed by atoms with Crippen LogP contribution in [0, 0.1) is 0 Å². The van der Waals surface area contributed by atoms with E-state index < -0.39 is 27.3 Å². The lowest BCUT2D eigenvalue weighted by Crippen LogP contribution is -2.28. The highest BCUT2D eigenvalue weighted by atomic mass is 79.9. The summed E-state index contributed by atoms with van der Waals surface area (Å²) >= 11 is 2.82. The molecule has 0 aliphatic rings. The minimum absolute atomic E-state index is 0.0918. The molecular formula is C10H5BrF3O5S-. The summed E-state index contributed by atoms with van der Waals surface area (Å²) in [7, 11) is -5.76. The first-order valence-electron chi connectivity index (χ1n) is 4.72. The summed E-state index contributed by atoms with van der Waals surface area (Å²) in [5, 5.41) is 10.2. The van der Waals surface area contributed by atoms with E-state index in [9.17, 15) is 31.5 Å². The van der Waals surface area contributed by atoms with Gasteiger partial charge in [0.15, 0.2) is 5.75 Å². The van der Waals surface area contributed by atoms with Crippen molar-refractivity contribution in [1.29, 1.82) is 0 Å². The van der Waals surface area contributed by atoms with E-state index in [4.69, 9.17) is 0 Å². The maximum atomic E-state index is 12.1. The van der Waals surface area contributed by atoms with Gasteiger partial charge in [0.05, 0.1) is 10.4 Å². The molecule has 1 aromatic carbocycles. The number of benzene rings is 1. The van der Waals surface area contributed by atoms with Crippen molar-refractivity contribution < 1.29 is 35.7 Å². The van der Waals surface area contributed by atoms with Crippen molar-refractivity contribution in [3.8, 4) is 5.75 Å². The summed E-state index contributed by atoms with van der Waals surface area (Å²) < 4.78 is 61.8. The Labute approximate surface area is 119 Å². The van der Waals surface area contributed by atoms with E-state index in [0.717, 1.165) is 12.1 Å². The molecule has 0 aliphatic heterocycles. The smallest absolute Gasteiger partial charge is 0.534 e. The van der Waals surface area contributed by atoms with Gasteiger partial charge in [-0.2, -0.15) is 21.6 Å². The normalized spacial score (nSPS) is 12.6. The topological polar surface area (TPSA) is 83.5 Å². The Morgan fingerprint density at radius 1 is 1.35 bits per heavy atom. The molecule has 5 nitrogen and oxygen atoms in total. The molecule has 0 saturated heterocycles. The number of carboxylic acid groups (broad SMARTS) is 1. The number of rotatable bonds is 4. The van der Waals surface area contributed by atoms with Crippen LogP contribution in [-0.4, -0.2) is 19.9 Å². The second kappa shape index (κ2) is 5.83. The van der Waals surface area contributed by atoms with Gasteiger partial charge in [-0.1, -0.05) is 12.1 Å². The number of carbonyl (C=O) groups excluding carboxylic acids is 1. The molecule has 0 spiro atoms. The Kier molecular flexibility index (Phi) is 4.81. The van der Waals surface area contributed by atoms with Gasteiger partial charge < -0.3 is 14.1 Å². The second-order valence-electron chi connectivity index (χ2n) is 3.33. The fourth-order valence-electron chi connectivity index (χ4n) is 1.02. The molecule has 0 unspecified atom stereocenters. The van der Waals surface area contributed by atoms with E-state index in [1.165, 1.54) is 12.1 Å². The highest BCUT2D eigenvalue weighted by Crippen LogP contribution is 2.32. The molecule has 0 aliphatic carbocycles. The van der Waals surface area contributed by atoms with Gasteiger partial charge >= 0.3 is 15.6 Å². The van der Waals surface area contributed by atoms with Crippen LogP contribution in [0.4, 0.5) is 13.2 Å². The van der Waals surface area contributed by atoms with Crippen LogP contribution in [-0.2, 0) is 14.9 Å². The maximum absolute atomic E-state index is 12.1. The monoisotopic (exact) mass is 373 g/mol. The van der Waals surface area contributed by atoms with E-state index in [-0.39, 0.29) is 10.0 Å². The highest BCUT2D eigenvalue weighted by Gasteiger charge is 2.48. The number of carboxylic acids is 1. The molecule has 1 aromatic rings. The summed E-state index contributed by atoms with van der Waals surface area (Å²) in [5.74, 6) is -2.03. The van der Waals surface area contributed by atoms with Crippen molar-refractivity contribution in [2.24, 2.45) is 0 Å². The van der Waals surface area contributed by atoms with Crippen molar-refractivity contribution in [1.82, 2.24) is 0 Å². The van der Waals surface area contributed by atoms with Gasteiger partial charge in [0, 0.05) is 0 Å². The number of alkyl halides is 3. The highest BCUT2D eigenvalue weighted by molar-refractivity contribution is 9.10. The van der Waals surface area contributed by atoms with Gasteiger partial charge in [0.2, 0.25) is 0 Å². The molecule has 0 fully saturated rings. The predicted molar refractivity (Wildman–Crippen MR) is 63.8 cm³/mol. The third kappa shape index (κ3) is 4.23. The fraction of sp³-hybridized carbons (Fsp3) is 0.100. The van der Waals surface area contributed by atoms with E-state index in [0.29, 0.717) is 6.08 Å². The Bertz CT molecular complexity index is 651. The Morgan fingerprint density at radius 2 is 1.95 bits per heavy atom. The number of carbonyl (C=O) groups is 1. The molecule has 0 N–H and O–H groups in total. The number of halogens is 4. The van der Waals surface area contributed by atoms with Gasteiger partial charge in [-0.25, -0.2) is 0 Å². The minimum Gasteiger partial charge on any atom is -0.545 e. The van der Waals surface area contributed by atoms with E-state index >= 15 is 0 Å². The standard InChI is InChI=1S/C10H6BrF3O5S/c11-7-5-6(2-4-9(15)16)1-3-8(7)19-20(17,18)10(12,13)14/h1-5H,(H,15,16)/p-1/b4-2+. The Morgan fingerprint density at radius 3 is 2.40 bits per heavy atom. The third-order valence-corrected chi connectivity index (χ3v) is 3.44. The molecular weight excluding hydrogens is 369 g/mol. The first-order valence-corrected chi connectivity index (χ1v) is 6.92. The SMILES string of the molecule is O=C([O-])/C=C/c1ccc(OS(=O)(=O)C(F)(F)F)c(Br)c1. The van der Waals surface area contributed by atoms with Crippen LogP contribution in [0.2, 0.25) is 0 Å². The molecule has 0 radical (unpaired) electrons. The lowest BCUT2D eigenvalue weighted by Gasteiger charge is -2.10. The van der Waals surface area contributed by atoms with Gasteiger partial charge in [0.1, 0.15) is 0 Å². The molecule has 0 atom stereocenters. The molecule has 0 bridgehead atoms. The second-order valence-corrected chi connectivity index (χ2v) is 5.72. The lowest BCUT2D eigenvalue weighted by atomic mass is 10.2. The number of aliphatic carboxylic acids is 1. The summed E-state index contributed by atoms with van der Waals surface area (Å²) in [6.45, 7) is 0. The average Bonchev–Trinajstić information content (AvgIpc) is 2.28. The van der Waals surface area contributed by atoms with Crippen LogP contribution in [0.1, 0.15) is 5.56 Å². The first kappa shape index (κ1) is 16.5. The van der Waals surface area contributed by atoms with Gasteiger partial charge in [-0.15, -0.1) is 0 Å². The zero-order chi connectivity index (χ0) is 15.6. The van der Waals surface area contributed by atoms with Crippen LogP contribution in [0.25, 0.3) is 6.08 Å². The molecule has 0 saturated carbocycles. The molecule has 10 heteroatoms. The quantitative estimate of drug-likeness (QED) is 0.453. The van der Waals surface area contributed by atoms with Crippen molar-refractivity contribution in [2.75, 3.05) is 0 Å². The van der Waals surface area contributed by atoms with Crippen molar-refractivity contribution >= 4 is 38.1 Å². The van der Waals surface area contributed by atoms with E-state index in [1.54, 1.807) is 0 Å². The van der Waals surface area contributed by atoms with E-state index in [2.05, 4.69) is 20.1 Å². The van der Waals surface area contributed by atoms with Crippen LogP contribution < -0.4 is 9.29 Å². The molecule has 110 valence electrons. The van der Waals surface area contributed by atoms with Gasteiger partial charge in [-0.3, -0.25) is 0 Å². The van der Waals surface area contributed by atoms with Crippen LogP contribution >= 0.6 is 15.9 Å². The summed E-state index contributed by atoms with van der Waals surface area (Å²) in [6, 6.07) is 3.30. The largest absolute Gasteiger partial charge is 0.545 e. The molecule has 0 aromatic heterocycles. The van der Waals surface area contributed by atoms with Gasteiger partial charge in [-0.05, 0) is 39.7 Å². The van der Waals surface area contributed by atoms with Crippen LogP contribution in [0.5, 0.6) is 5.75 Å².